The zero-order chi connectivity index (χ0) is 22.3. The summed E-state index contributed by atoms with van der Waals surface area (Å²) in [6.45, 7) is 4.08. The molecular weight excluding hydrogens is 368 g/mol. The minimum atomic E-state index is 0.309. The summed E-state index contributed by atoms with van der Waals surface area (Å²) in [6, 6.07) is 0. The Morgan fingerprint density at radius 3 is 1.17 bits per heavy atom. The highest BCUT2D eigenvalue weighted by Crippen LogP contribution is 2.15. The molecule has 0 aromatic carbocycles. The zero-order valence-electron chi connectivity index (χ0n) is 21.4. The Bertz CT molecular complexity index is 357. The van der Waals surface area contributed by atoms with E-state index in [2.05, 4.69) is 25.9 Å². The number of unbranched alkanes of at least 4 members (excludes halogenated alkanes) is 18. The Balaban J connectivity index is 3.18. The highest BCUT2D eigenvalue weighted by Gasteiger charge is 2.08. The molecule has 0 aliphatic carbocycles. The number of carbonyl (C=O) groups is 1. The van der Waals surface area contributed by atoms with E-state index in [1.165, 1.54) is 116 Å². The molecule has 0 rings (SSSR count). The van der Waals surface area contributed by atoms with Crippen molar-refractivity contribution in [2.24, 2.45) is 0 Å². The normalized spacial score (nSPS) is 11.4. The summed E-state index contributed by atoms with van der Waals surface area (Å²) in [4.78, 5) is 16.1. The number of hydrogen-bond acceptors (Lipinski definition) is 2. The van der Waals surface area contributed by atoms with Gasteiger partial charge in [-0.1, -0.05) is 122 Å². The van der Waals surface area contributed by atoms with Gasteiger partial charge >= 0.3 is 0 Å². The van der Waals surface area contributed by atoms with E-state index in [9.17, 15) is 4.79 Å². The standard InChI is InChI=1S/C27H56N2O/c1-5-6-7-8-9-10-11-12-13-14-15-16-17-18-19-20-21-22-23-24-27(30)29(4)26-25-28(2)3/h5-26H2,1-4H3. The minimum Gasteiger partial charge on any atom is -0.344 e. The van der Waals surface area contributed by atoms with Crippen LogP contribution in [-0.2, 0) is 4.79 Å². The highest BCUT2D eigenvalue weighted by molar-refractivity contribution is 5.75. The quantitative estimate of drug-likeness (QED) is 0.156. The molecule has 0 aromatic rings. The Hall–Kier alpha value is -0.570. The van der Waals surface area contributed by atoms with Gasteiger partial charge in [0.25, 0.3) is 0 Å². The summed E-state index contributed by atoms with van der Waals surface area (Å²) in [5.41, 5.74) is 0. The van der Waals surface area contributed by atoms with Gasteiger partial charge in [0, 0.05) is 26.6 Å². The van der Waals surface area contributed by atoms with E-state index >= 15 is 0 Å². The van der Waals surface area contributed by atoms with Gasteiger partial charge in [0.1, 0.15) is 0 Å². The molecule has 0 aliphatic heterocycles. The van der Waals surface area contributed by atoms with Crippen LogP contribution in [0.25, 0.3) is 0 Å². The third kappa shape index (κ3) is 22.1. The molecule has 0 atom stereocenters. The maximum absolute atomic E-state index is 12.0. The Labute approximate surface area is 190 Å². The van der Waals surface area contributed by atoms with Crippen molar-refractivity contribution < 1.29 is 4.79 Å². The van der Waals surface area contributed by atoms with E-state index in [0.29, 0.717) is 5.91 Å². The molecule has 180 valence electrons. The van der Waals surface area contributed by atoms with Crippen molar-refractivity contribution in [2.45, 2.75) is 135 Å². The van der Waals surface area contributed by atoms with Crippen molar-refractivity contribution in [1.29, 1.82) is 0 Å². The summed E-state index contributed by atoms with van der Waals surface area (Å²) < 4.78 is 0. The largest absolute Gasteiger partial charge is 0.344 e. The van der Waals surface area contributed by atoms with E-state index in [-0.39, 0.29) is 0 Å². The topological polar surface area (TPSA) is 23.6 Å². The average molecular weight is 425 g/mol. The number of carbonyl (C=O) groups excluding carboxylic acids is 1. The van der Waals surface area contributed by atoms with Gasteiger partial charge in [-0.2, -0.15) is 0 Å². The van der Waals surface area contributed by atoms with Crippen molar-refractivity contribution in [3.05, 3.63) is 0 Å². The zero-order valence-corrected chi connectivity index (χ0v) is 21.4. The molecule has 0 N–H and O–H groups in total. The van der Waals surface area contributed by atoms with Gasteiger partial charge in [0.15, 0.2) is 0 Å². The second-order valence-electron chi connectivity index (χ2n) is 9.73. The fraction of sp³-hybridized carbons (Fsp3) is 0.963. The van der Waals surface area contributed by atoms with Crippen LogP contribution in [0.3, 0.4) is 0 Å². The second kappa shape index (κ2) is 23.1. The number of hydrogen-bond donors (Lipinski definition) is 0. The predicted octanol–water partition coefficient (Wildman–Crippen LogP) is 7.83. The third-order valence-corrected chi connectivity index (χ3v) is 6.30. The molecule has 1 amide bonds. The summed E-state index contributed by atoms with van der Waals surface area (Å²) in [7, 11) is 6.04. The first-order valence-corrected chi connectivity index (χ1v) is 13.5. The molecular formula is C27H56N2O. The van der Waals surface area contributed by atoms with Crippen LogP contribution >= 0.6 is 0 Å². The van der Waals surface area contributed by atoms with Gasteiger partial charge in [0.2, 0.25) is 5.91 Å². The lowest BCUT2D eigenvalue weighted by Gasteiger charge is -2.19. The van der Waals surface area contributed by atoms with Crippen LogP contribution in [-0.4, -0.2) is 49.9 Å². The molecule has 0 spiro atoms. The molecule has 0 bridgehead atoms. The summed E-state index contributed by atoms with van der Waals surface area (Å²) >= 11 is 0. The van der Waals surface area contributed by atoms with Gasteiger partial charge in [0.05, 0.1) is 0 Å². The Morgan fingerprint density at radius 1 is 0.500 bits per heavy atom. The van der Waals surface area contributed by atoms with Crippen LogP contribution < -0.4 is 0 Å². The molecule has 0 unspecified atom stereocenters. The van der Waals surface area contributed by atoms with Crippen LogP contribution in [0.5, 0.6) is 0 Å². The lowest BCUT2D eigenvalue weighted by molar-refractivity contribution is -0.130. The maximum atomic E-state index is 12.0. The Kier molecular flexibility index (Phi) is 22.7. The molecule has 0 radical (unpaired) electrons. The van der Waals surface area contributed by atoms with Crippen molar-refractivity contribution in [3.63, 3.8) is 0 Å². The van der Waals surface area contributed by atoms with Crippen LogP contribution in [0.2, 0.25) is 0 Å². The lowest BCUT2D eigenvalue weighted by Crippen LogP contribution is -2.33. The third-order valence-electron chi connectivity index (χ3n) is 6.30. The first-order chi connectivity index (χ1) is 14.6. The van der Waals surface area contributed by atoms with E-state index in [1.807, 2.05) is 11.9 Å². The van der Waals surface area contributed by atoms with Gasteiger partial charge in [-0.25, -0.2) is 0 Å². The number of amides is 1. The molecule has 3 nitrogen and oxygen atoms in total. The molecule has 0 saturated carbocycles. The SMILES string of the molecule is CCCCCCCCCCCCCCCCCCCCCC(=O)N(C)CCN(C)C. The number of nitrogens with zero attached hydrogens (tertiary/aromatic N) is 2. The molecule has 3 heteroatoms. The average Bonchev–Trinajstić information content (AvgIpc) is 2.73. The summed E-state index contributed by atoms with van der Waals surface area (Å²) in [5.74, 6) is 0.309. The van der Waals surface area contributed by atoms with E-state index in [1.54, 1.807) is 0 Å². The molecule has 0 heterocycles. The molecule has 30 heavy (non-hydrogen) atoms. The minimum absolute atomic E-state index is 0.309. The van der Waals surface area contributed by atoms with Crippen LogP contribution in [0.15, 0.2) is 0 Å². The fourth-order valence-corrected chi connectivity index (χ4v) is 4.02. The Morgan fingerprint density at radius 2 is 0.833 bits per heavy atom. The van der Waals surface area contributed by atoms with Crippen LogP contribution in [0, 0.1) is 0 Å². The maximum Gasteiger partial charge on any atom is 0.222 e. The van der Waals surface area contributed by atoms with E-state index in [4.69, 9.17) is 0 Å². The van der Waals surface area contributed by atoms with E-state index < -0.39 is 0 Å². The van der Waals surface area contributed by atoms with Crippen LogP contribution in [0.1, 0.15) is 135 Å². The summed E-state index contributed by atoms with van der Waals surface area (Å²) in [5, 5.41) is 0. The van der Waals surface area contributed by atoms with Gasteiger partial charge in [-0.05, 0) is 20.5 Å². The lowest BCUT2D eigenvalue weighted by atomic mass is 10.0. The number of likely N-dealkylation sites (N-methyl/N-ethyl adjacent to an activating group) is 2. The van der Waals surface area contributed by atoms with Crippen molar-refractivity contribution in [2.75, 3.05) is 34.2 Å². The van der Waals surface area contributed by atoms with Gasteiger partial charge in [-0.3, -0.25) is 4.79 Å². The second-order valence-corrected chi connectivity index (χ2v) is 9.73. The van der Waals surface area contributed by atoms with Crippen molar-refractivity contribution >= 4 is 5.91 Å². The number of rotatable bonds is 23. The molecule has 0 aliphatic rings. The van der Waals surface area contributed by atoms with Crippen LogP contribution in [0.4, 0.5) is 0 Å². The first-order valence-electron chi connectivity index (χ1n) is 13.5. The van der Waals surface area contributed by atoms with Gasteiger partial charge in [-0.15, -0.1) is 0 Å². The fourth-order valence-electron chi connectivity index (χ4n) is 4.02. The van der Waals surface area contributed by atoms with E-state index in [0.717, 1.165) is 25.9 Å². The first kappa shape index (κ1) is 29.4. The summed E-state index contributed by atoms with van der Waals surface area (Å²) in [6.07, 6.45) is 27.2. The molecule has 0 aromatic heterocycles. The smallest absolute Gasteiger partial charge is 0.222 e. The molecule has 0 fully saturated rings. The highest BCUT2D eigenvalue weighted by atomic mass is 16.2. The molecule has 0 saturated heterocycles. The van der Waals surface area contributed by atoms with Gasteiger partial charge < -0.3 is 9.80 Å². The predicted molar refractivity (Wildman–Crippen MR) is 134 cm³/mol. The monoisotopic (exact) mass is 424 g/mol. The van der Waals surface area contributed by atoms with Crippen molar-refractivity contribution in [3.8, 4) is 0 Å². The van der Waals surface area contributed by atoms with Crippen molar-refractivity contribution in [1.82, 2.24) is 9.80 Å².